The Morgan fingerprint density at radius 1 is 1.48 bits per heavy atom. The number of alkyl carbamates (subject to hydrolysis) is 1. The summed E-state index contributed by atoms with van der Waals surface area (Å²) in [5.74, 6) is 0. The molecule has 0 radical (unpaired) electrons. The Hall–Kier alpha value is -2.02. The summed E-state index contributed by atoms with van der Waals surface area (Å²) in [4.78, 5) is 15.7. The molecule has 2 N–H and O–H groups in total. The number of nitrogens with one attached hydrogen (secondary N) is 2. The van der Waals surface area contributed by atoms with Crippen molar-refractivity contribution in [3.63, 3.8) is 0 Å². The molecule has 0 saturated heterocycles. The number of aryl methyl sites for hydroxylation is 2. The fourth-order valence-corrected chi connectivity index (χ4v) is 1.81. The topological polar surface area (TPSA) is 77.4 Å². The highest BCUT2D eigenvalue weighted by Crippen LogP contribution is 2.06. The van der Waals surface area contributed by atoms with Crippen LogP contribution in [-0.4, -0.2) is 40.6 Å². The largest absolute Gasteiger partial charge is 0.444 e. The van der Waals surface area contributed by atoms with Crippen LogP contribution in [0.2, 0.25) is 0 Å². The molecular weight excluding hydrogens is 296 g/mol. The fraction of sp³-hybridized carbons (Fsp3) is 0.625. The number of rotatable bonds is 7. The molecule has 0 saturated carbocycles. The van der Waals surface area contributed by atoms with Crippen molar-refractivity contribution in [2.75, 3.05) is 13.2 Å². The molecule has 0 aromatic carbocycles. The highest BCUT2D eigenvalue weighted by atomic mass is 16.6. The van der Waals surface area contributed by atoms with Crippen LogP contribution >= 0.6 is 0 Å². The van der Waals surface area contributed by atoms with Gasteiger partial charge in [-0.2, -0.15) is 0 Å². The molecule has 0 aliphatic carbocycles. The van der Waals surface area contributed by atoms with Gasteiger partial charge in [0.2, 0.25) is 0 Å². The van der Waals surface area contributed by atoms with E-state index in [4.69, 9.17) is 9.47 Å². The lowest BCUT2D eigenvalue weighted by Crippen LogP contribution is -2.35. The summed E-state index contributed by atoms with van der Waals surface area (Å²) < 4.78 is 12.6. The fourth-order valence-electron chi connectivity index (χ4n) is 1.81. The molecule has 1 rings (SSSR count). The van der Waals surface area contributed by atoms with Crippen LogP contribution in [0.15, 0.2) is 12.5 Å². The predicted molar refractivity (Wildman–Crippen MR) is 89.8 cm³/mol. The molecular formula is C16H28N4O3. The molecule has 0 aliphatic rings. The van der Waals surface area contributed by atoms with E-state index in [0.29, 0.717) is 13.2 Å². The van der Waals surface area contributed by atoms with Crippen LogP contribution in [0.5, 0.6) is 0 Å². The smallest absolute Gasteiger partial charge is 0.407 e. The molecule has 23 heavy (non-hydrogen) atoms. The number of ether oxygens (including phenoxy) is 2. The van der Waals surface area contributed by atoms with Crippen LogP contribution in [0.1, 0.15) is 39.1 Å². The van der Waals surface area contributed by atoms with Gasteiger partial charge in [0.1, 0.15) is 11.8 Å². The zero-order valence-corrected chi connectivity index (χ0v) is 14.8. The monoisotopic (exact) mass is 324 g/mol. The Balaban J connectivity index is 2.20. The van der Waals surface area contributed by atoms with Crippen molar-refractivity contribution in [3.8, 4) is 0 Å². The summed E-state index contributed by atoms with van der Waals surface area (Å²) >= 11 is 0. The van der Waals surface area contributed by atoms with Crippen LogP contribution in [0.3, 0.4) is 0 Å². The predicted octanol–water partition coefficient (Wildman–Crippen LogP) is 2.18. The molecule has 0 fully saturated rings. The minimum absolute atomic E-state index is 0.166. The molecule has 0 bridgehead atoms. The van der Waals surface area contributed by atoms with E-state index in [1.54, 1.807) is 6.33 Å². The van der Waals surface area contributed by atoms with Crippen molar-refractivity contribution in [2.24, 2.45) is 7.05 Å². The van der Waals surface area contributed by atoms with Gasteiger partial charge in [0.25, 0.3) is 0 Å². The normalized spacial score (nSPS) is 13.1. The molecule has 1 unspecified atom stereocenters. The first-order valence-electron chi connectivity index (χ1n) is 7.68. The van der Waals surface area contributed by atoms with Gasteiger partial charge in [-0.3, -0.25) is 0 Å². The Bertz CT molecular complexity index is 512. The third-order valence-corrected chi connectivity index (χ3v) is 2.89. The molecule has 0 aliphatic heterocycles. The zero-order valence-electron chi connectivity index (χ0n) is 14.8. The summed E-state index contributed by atoms with van der Waals surface area (Å²) in [5, 5.41) is 5.76. The summed E-state index contributed by atoms with van der Waals surface area (Å²) in [7, 11) is 1.95. The maximum atomic E-state index is 11.4. The van der Waals surface area contributed by atoms with Crippen molar-refractivity contribution < 1.29 is 14.3 Å². The van der Waals surface area contributed by atoms with Gasteiger partial charge in [0.15, 0.2) is 0 Å². The lowest BCUT2D eigenvalue weighted by Gasteiger charge is -2.20. The van der Waals surface area contributed by atoms with Gasteiger partial charge in [0.05, 0.1) is 24.3 Å². The van der Waals surface area contributed by atoms with E-state index in [-0.39, 0.29) is 6.23 Å². The van der Waals surface area contributed by atoms with E-state index in [9.17, 15) is 4.79 Å². The molecule has 1 aromatic rings. The maximum Gasteiger partial charge on any atom is 0.407 e. The van der Waals surface area contributed by atoms with Crippen molar-refractivity contribution in [1.82, 2.24) is 20.2 Å². The molecule has 1 atom stereocenters. The lowest BCUT2D eigenvalue weighted by atomic mass is 10.2. The van der Waals surface area contributed by atoms with E-state index in [1.165, 1.54) is 0 Å². The first kappa shape index (κ1) is 19.0. The van der Waals surface area contributed by atoms with Crippen LogP contribution in [0.25, 0.3) is 6.08 Å². The Labute approximate surface area is 138 Å². The van der Waals surface area contributed by atoms with Gasteiger partial charge in [-0.15, -0.1) is 0 Å². The third kappa shape index (κ3) is 7.69. The maximum absolute atomic E-state index is 11.4. The summed E-state index contributed by atoms with van der Waals surface area (Å²) in [6.07, 6.45) is 4.95. The minimum Gasteiger partial charge on any atom is -0.444 e. The number of nitrogens with zero attached hydrogens (tertiary/aromatic N) is 2. The standard InChI is InChI=1S/C16H28N4O3/c1-12-14(20(6)11-19-12)7-8-17-13(2)22-10-9-18-15(21)23-16(3,4)5/h7-8,11,13,17H,9-10H2,1-6H3,(H,18,21)/b8-7+. The molecule has 7 heteroatoms. The van der Waals surface area contributed by atoms with E-state index >= 15 is 0 Å². The van der Waals surface area contributed by atoms with Gasteiger partial charge in [-0.25, -0.2) is 9.78 Å². The van der Waals surface area contributed by atoms with Crippen molar-refractivity contribution in [2.45, 2.75) is 46.4 Å². The Morgan fingerprint density at radius 3 is 2.74 bits per heavy atom. The average molecular weight is 324 g/mol. The second kappa shape index (κ2) is 8.57. The van der Waals surface area contributed by atoms with Crippen LogP contribution in [0.4, 0.5) is 4.79 Å². The molecule has 1 heterocycles. The van der Waals surface area contributed by atoms with Crippen LogP contribution in [-0.2, 0) is 16.5 Å². The van der Waals surface area contributed by atoms with Crippen LogP contribution < -0.4 is 10.6 Å². The van der Waals surface area contributed by atoms with E-state index in [1.807, 2.05) is 58.5 Å². The second-order valence-electron chi connectivity index (χ2n) is 6.27. The van der Waals surface area contributed by atoms with Crippen molar-refractivity contribution >= 4 is 12.2 Å². The van der Waals surface area contributed by atoms with Crippen molar-refractivity contribution in [3.05, 3.63) is 23.9 Å². The second-order valence-corrected chi connectivity index (χ2v) is 6.27. The van der Waals surface area contributed by atoms with Gasteiger partial charge in [-0.1, -0.05) is 0 Å². The number of carbonyl (C=O) groups excluding carboxylic acids is 1. The number of hydrogen-bond acceptors (Lipinski definition) is 5. The van der Waals surface area contributed by atoms with E-state index in [0.717, 1.165) is 11.4 Å². The average Bonchev–Trinajstić information content (AvgIpc) is 2.73. The summed E-state index contributed by atoms with van der Waals surface area (Å²) in [6.45, 7) is 10.1. The molecule has 0 spiro atoms. The number of amides is 1. The quantitative estimate of drug-likeness (QED) is 0.594. The van der Waals surface area contributed by atoms with Gasteiger partial charge in [0, 0.05) is 19.8 Å². The molecule has 130 valence electrons. The third-order valence-electron chi connectivity index (χ3n) is 2.89. The highest BCUT2D eigenvalue weighted by Gasteiger charge is 2.15. The highest BCUT2D eigenvalue weighted by molar-refractivity contribution is 5.67. The number of imidazole rings is 1. The van der Waals surface area contributed by atoms with Gasteiger partial charge < -0.3 is 24.7 Å². The zero-order chi connectivity index (χ0) is 17.5. The Kier molecular flexibility index (Phi) is 7.09. The van der Waals surface area contributed by atoms with E-state index < -0.39 is 11.7 Å². The van der Waals surface area contributed by atoms with Gasteiger partial charge in [-0.05, 0) is 40.7 Å². The number of hydrogen-bond donors (Lipinski definition) is 2. The summed E-state index contributed by atoms with van der Waals surface area (Å²) in [5.41, 5.74) is 1.52. The van der Waals surface area contributed by atoms with Crippen LogP contribution in [0, 0.1) is 6.92 Å². The number of carbonyl (C=O) groups is 1. The first-order chi connectivity index (χ1) is 10.7. The van der Waals surface area contributed by atoms with E-state index in [2.05, 4.69) is 15.6 Å². The molecule has 1 aromatic heterocycles. The lowest BCUT2D eigenvalue weighted by molar-refractivity contribution is 0.0388. The molecule has 1 amide bonds. The van der Waals surface area contributed by atoms with Crippen molar-refractivity contribution in [1.29, 1.82) is 0 Å². The van der Waals surface area contributed by atoms with Gasteiger partial charge >= 0.3 is 6.09 Å². The number of aromatic nitrogens is 2. The SMILES string of the molecule is Cc1ncn(C)c1/C=C/NC(C)OCCNC(=O)OC(C)(C)C. The minimum atomic E-state index is -0.492. The molecule has 7 nitrogen and oxygen atoms in total. The Morgan fingerprint density at radius 2 is 2.17 bits per heavy atom. The summed E-state index contributed by atoms with van der Waals surface area (Å²) in [6, 6.07) is 0. The first-order valence-corrected chi connectivity index (χ1v) is 7.68.